The standard InChI is InChI=1S/C24H24FN3O2S/c25-19-8-6-17(7-9-19)14-24(13-11-22(30)28-24)12-10-21(29)26-15-20-23(27-16-31-20)18-4-2-1-3-5-18/h1-9,16H,10-15H2,(H,26,29)(H,28,30). The van der Waals surface area contributed by atoms with E-state index in [9.17, 15) is 14.0 Å². The first-order valence-corrected chi connectivity index (χ1v) is 11.2. The van der Waals surface area contributed by atoms with Gasteiger partial charge in [-0.15, -0.1) is 11.3 Å². The SMILES string of the molecule is O=C(CCC1(Cc2ccc(F)cc2)CCC(=O)N1)NCc1scnc1-c1ccccc1. The molecule has 4 rings (SSSR count). The molecule has 0 radical (unpaired) electrons. The quantitative estimate of drug-likeness (QED) is 0.554. The summed E-state index contributed by atoms with van der Waals surface area (Å²) in [5, 5.41) is 6.05. The molecule has 0 spiro atoms. The molecule has 1 atom stereocenters. The lowest BCUT2D eigenvalue weighted by molar-refractivity contribution is -0.122. The van der Waals surface area contributed by atoms with Crippen molar-refractivity contribution in [1.82, 2.24) is 15.6 Å². The van der Waals surface area contributed by atoms with Gasteiger partial charge in [0.1, 0.15) is 5.82 Å². The lowest BCUT2D eigenvalue weighted by Gasteiger charge is -2.29. The predicted molar refractivity (Wildman–Crippen MR) is 119 cm³/mol. The molecule has 3 aromatic rings. The van der Waals surface area contributed by atoms with E-state index in [0.29, 0.717) is 38.6 Å². The summed E-state index contributed by atoms with van der Waals surface area (Å²) in [5.41, 5.74) is 4.18. The number of hydrogen-bond acceptors (Lipinski definition) is 4. The molecule has 1 aliphatic rings. The molecule has 31 heavy (non-hydrogen) atoms. The zero-order valence-corrected chi connectivity index (χ0v) is 17.9. The van der Waals surface area contributed by atoms with Crippen LogP contribution >= 0.6 is 11.3 Å². The van der Waals surface area contributed by atoms with Crippen molar-refractivity contribution in [3.63, 3.8) is 0 Å². The summed E-state index contributed by atoms with van der Waals surface area (Å²) < 4.78 is 13.2. The van der Waals surface area contributed by atoms with Crippen molar-refractivity contribution < 1.29 is 14.0 Å². The number of benzene rings is 2. The van der Waals surface area contributed by atoms with Crippen LogP contribution in [0.15, 0.2) is 60.1 Å². The molecule has 2 amide bonds. The highest BCUT2D eigenvalue weighted by atomic mass is 32.1. The maximum Gasteiger partial charge on any atom is 0.220 e. The third-order valence-electron chi connectivity index (χ3n) is 5.66. The summed E-state index contributed by atoms with van der Waals surface area (Å²) in [6.45, 7) is 0.422. The van der Waals surface area contributed by atoms with Crippen LogP contribution in [0.2, 0.25) is 0 Å². The Kier molecular flexibility index (Phi) is 6.42. The minimum atomic E-state index is -0.466. The van der Waals surface area contributed by atoms with Gasteiger partial charge in [-0.05, 0) is 37.0 Å². The Bertz CT molecular complexity index is 1050. The zero-order chi connectivity index (χ0) is 21.7. The molecule has 160 valence electrons. The molecular formula is C24H24FN3O2S. The normalized spacial score (nSPS) is 18.0. The topological polar surface area (TPSA) is 71.1 Å². The third-order valence-corrected chi connectivity index (χ3v) is 6.49. The van der Waals surface area contributed by atoms with Crippen molar-refractivity contribution in [1.29, 1.82) is 0 Å². The number of nitrogens with one attached hydrogen (secondary N) is 2. The van der Waals surface area contributed by atoms with Gasteiger partial charge in [0, 0.05) is 23.9 Å². The maximum absolute atomic E-state index is 13.2. The summed E-state index contributed by atoms with van der Waals surface area (Å²) in [6, 6.07) is 16.2. The van der Waals surface area contributed by atoms with Crippen LogP contribution in [0.4, 0.5) is 4.39 Å². The molecular weight excluding hydrogens is 413 g/mol. The molecule has 1 unspecified atom stereocenters. The number of thiazole rings is 1. The van der Waals surface area contributed by atoms with Crippen LogP contribution in [0.25, 0.3) is 11.3 Å². The van der Waals surface area contributed by atoms with Gasteiger partial charge in [0.2, 0.25) is 11.8 Å². The fourth-order valence-corrected chi connectivity index (χ4v) is 4.75. The average molecular weight is 438 g/mol. The van der Waals surface area contributed by atoms with E-state index in [2.05, 4.69) is 15.6 Å². The number of rotatable bonds is 8. The second-order valence-corrected chi connectivity index (χ2v) is 8.84. The maximum atomic E-state index is 13.2. The average Bonchev–Trinajstić information content (AvgIpc) is 3.40. The van der Waals surface area contributed by atoms with E-state index in [1.807, 2.05) is 30.3 Å². The van der Waals surface area contributed by atoms with E-state index in [4.69, 9.17) is 0 Å². The van der Waals surface area contributed by atoms with Gasteiger partial charge < -0.3 is 10.6 Å². The molecule has 0 aliphatic carbocycles. The Morgan fingerprint density at radius 2 is 1.94 bits per heavy atom. The summed E-state index contributed by atoms with van der Waals surface area (Å²) in [6.07, 6.45) is 2.55. The second-order valence-electron chi connectivity index (χ2n) is 7.90. The Morgan fingerprint density at radius 3 is 2.65 bits per heavy atom. The minimum absolute atomic E-state index is 0.000294. The zero-order valence-electron chi connectivity index (χ0n) is 17.1. The van der Waals surface area contributed by atoms with Crippen molar-refractivity contribution in [3.05, 3.63) is 76.4 Å². The molecule has 0 bridgehead atoms. The molecule has 1 aliphatic heterocycles. The van der Waals surface area contributed by atoms with Crippen molar-refractivity contribution in [3.8, 4) is 11.3 Å². The summed E-state index contributed by atoms with van der Waals surface area (Å²) in [5.74, 6) is -0.350. The number of aromatic nitrogens is 1. The van der Waals surface area contributed by atoms with Gasteiger partial charge in [-0.1, -0.05) is 42.5 Å². The first-order chi connectivity index (χ1) is 15.0. The molecule has 2 N–H and O–H groups in total. The molecule has 2 aromatic carbocycles. The van der Waals surface area contributed by atoms with Crippen molar-refractivity contribution in [2.45, 2.75) is 44.2 Å². The third kappa shape index (κ3) is 5.35. The smallest absolute Gasteiger partial charge is 0.220 e. The number of nitrogens with zero attached hydrogens (tertiary/aromatic N) is 1. The van der Waals surface area contributed by atoms with E-state index in [1.165, 1.54) is 23.5 Å². The van der Waals surface area contributed by atoms with Crippen LogP contribution in [0.3, 0.4) is 0 Å². The largest absolute Gasteiger partial charge is 0.351 e. The highest BCUT2D eigenvalue weighted by molar-refractivity contribution is 7.10. The van der Waals surface area contributed by atoms with Crippen LogP contribution in [-0.4, -0.2) is 22.3 Å². The van der Waals surface area contributed by atoms with E-state index < -0.39 is 5.54 Å². The van der Waals surface area contributed by atoms with E-state index >= 15 is 0 Å². The fourth-order valence-electron chi connectivity index (χ4n) is 4.02. The summed E-state index contributed by atoms with van der Waals surface area (Å²) in [4.78, 5) is 29.9. The van der Waals surface area contributed by atoms with Gasteiger partial charge >= 0.3 is 0 Å². The van der Waals surface area contributed by atoms with Gasteiger partial charge in [0.15, 0.2) is 0 Å². The molecule has 1 aromatic heterocycles. The van der Waals surface area contributed by atoms with Crippen LogP contribution in [-0.2, 0) is 22.6 Å². The van der Waals surface area contributed by atoms with Crippen LogP contribution in [0, 0.1) is 5.82 Å². The number of amides is 2. The first kappa shape index (κ1) is 21.2. The number of hydrogen-bond donors (Lipinski definition) is 2. The summed E-state index contributed by atoms with van der Waals surface area (Å²) in [7, 11) is 0. The molecule has 7 heteroatoms. The van der Waals surface area contributed by atoms with Crippen molar-refractivity contribution in [2.24, 2.45) is 0 Å². The molecule has 5 nitrogen and oxygen atoms in total. The molecule has 2 heterocycles. The van der Waals surface area contributed by atoms with E-state index in [0.717, 1.165) is 21.7 Å². The lowest BCUT2D eigenvalue weighted by atomic mass is 9.85. The highest BCUT2D eigenvalue weighted by Crippen LogP contribution is 2.30. The molecule has 0 saturated carbocycles. The Morgan fingerprint density at radius 1 is 1.16 bits per heavy atom. The lowest BCUT2D eigenvalue weighted by Crippen LogP contribution is -2.44. The highest BCUT2D eigenvalue weighted by Gasteiger charge is 2.37. The number of carbonyl (C=O) groups excluding carboxylic acids is 2. The summed E-state index contributed by atoms with van der Waals surface area (Å²) >= 11 is 1.52. The number of carbonyl (C=O) groups is 2. The molecule has 1 saturated heterocycles. The Hall–Kier alpha value is -3.06. The second kappa shape index (κ2) is 9.39. The van der Waals surface area contributed by atoms with Gasteiger partial charge in [-0.3, -0.25) is 9.59 Å². The van der Waals surface area contributed by atoms with Crippen LogP contribution in [0.1, 0.15) is 36.1 Å². The molecule has 1 fully saturated rings. The van der Waals surface area contributed by atoms with Crippen LogP contribution in [0.5, 0.6) is 0 Å². The van der Waals surface area contributed by atoms with Crippen LogP contribution < -0.4 is 10.6 Å². The van der Waals surface area contributed by atoms with Gasteiger partial charge in [-0.2, -0.15) is 0 Å². The monoisotopic (exact) mass is 437 g/mol. The van der Waals surface area contributed by atoms with Crippen molar-refractivity contribution in [2.75, 3.05) is 0 Å². The first-order valence-electron chi connectivity index (χ1n) is 10.3. The minimum Gasteiger partial charge on any atom is -0.351 e. The predicted octanol–water partition coefficient (Wildman–Crippen LogP) is 4.24. The van der Waals surface area contributed by atoms with Gasteiger partial charge in [-0.25, -0.2) is 9.37 Å². The van der Waals surface area contributed by atoms with Gasteiger partial charge in [0.05, 0.1) is 22.6 Å². The van der Waals surface area contributed by atoms with Crippen molar-refractivity contribution >= 4 is 23.2 Å². The van der Waals surface area contributed by atoms with Gasteiger partial charge in [0.25, 0.3) is 0 Å². The number of halogens is 1. The van der Waals surface area contributed by atoms with E-state index in [1.54, 1.807) is 17.6 Å². The Balaban J connectivity index is 1.35. The fraction of sp³-hybridized carbons (Fsp3) is 0.292. The van der Waals surface area contributed by atoms with E-state index in [-0.39, 0.29) is 17.6 Å². The Labute approximate surface area is 184 Å².